The van der Waals surface area contributed by atoms with Crippen LogP contribution in [0.1, 0.15) is 22.0 Å². The molecule has 0 atom stereocenters. The molecule has 0 aliphatic heterocycles. The van der Waals surface area contributed by atoms with Crippen LogP contribution in [0.15, 0.2) is 28.8 Å². The van der Waals surface area contributed by atoms with Crippen LogP contribution in [0.5, 0.6) is 0 Å². The maximum atomic E-state index is 12.1. The van der Waals surface area contributed by atoms with Gasteiger partial charge in [0.1, 0.15) is 5.76 Å². The van der Waals surface area contributed by atoms with Crippen molar-refractivity contribution in [1.82, 2.24) is 14.8 Å². The quantitative estimate of drug-likeness (QED) is 0.761. The lowest BCUT2D eigenvalue weighted by molar-refractivity contribution is 0.0995. The van der Waals surface area contributed by atoms with Gasteiger partial charge in [0.2, 0.25) is 0 Å². The zero-order chi connectivity index (χ0) is 15.0. The Balaban J connectivity index is 1.87. The molecule has 1 amide bonds. The van der Waals surface area contributed by atoms with Gasteiger partial charge in [0.15, 0.2) is 11.4 Å². The van der Waals surface area contributed by atoms with Crippen molar-refractivity contribution in [2.75, 3.05) is 5.32 Å². The number of carbonyl (C=O) groups is 1. The standard InChI is InChI=1S/C14H15N5O2/c1-8-11-5-9(7-16-13(11)19(2)18-8)17-14(20)12-4-3-10(6-15)21-12/h3-5,7H,6,15H2,1-2H3,(H,17,20). The predicted octanol–water partition coefficient (Wildman–Crippen LogP) is 1.58. The summed E-state index contributed by atoms with van der Waals surface area (Å²) in [5, 5.41) is 7.94. The Morgan fingerprint density at radius 2 is 2.29 bits per heavy atom. The average Bonchev–Trinajstić information content (AvgIpc) is 3.05. The number of hydrogen-bond acceptors (Lipinski definition) is 5. The van der Waals surface area contributed by atoms with Gasteiger partial charge in [0.25, 0.3) is 5.91 Å². The lowest BCUT2D eigenvalue weighted by Gasteiger charge is -2.03. The van der Waals surface area contributed by atoms with E-state index in [0.717, 1.165) is 16.7 Å². The predicted molar refractivity (Wildman–Crippen MR) is 77.8 cm³/mol. The highest BCUT2D eigenvalue weighted by atomic mass is 16.4. The van der Waals surface area contributed by atoms with E-state index in [-0.39, 0.29) is 18.2 Å². The highest BCUT2D eigenvalue weighted by Crippen LogP contribution is 2.20. The molecule has 0 aliphatic carbocycles. The van der Waals surface area contributed by atoms with Crippen LogP contribution in [0.3, 0.4) is 0 Å². The Bertz CT molecular complexity index is 818. The summed E-state index contributed by atoms with van der Waals surface area (Å²) in [6.07, 6.45) is 1.59. The van der Waals surface area contributed by atoms with Crippen molar-refractivity contribution in [3.63, 3.8) is 0 Å². The van der Waals surface area contributed by atoms with Crippen LogP contribution < -0.4 is 11.1 Å². The van der Waals surface area contributed by atoms with E-state index in [2.05, 4.69) is 15.4 Å². The van der Waals surface area contributed by atoms with Crippen molar-refractivity contribution in [1.29, 1.82) is 0 Å². The van der Waals surface area contributed by atoms with Crippen LogP contribution in [0.2, 0.25) is 0 Å². The zero-order valence-electron chi connectivity index (χ0n) is 11.8. The molecule has 0 fully saturated rings. The van der Waals surface area contributed by atoms with E-state index >= 15 is 0 Å². The third kappa shape index (κ3) is 2.38. The number of furan rings is 1. The molecule has 0 bridgehead atoms. The van der Waals surface area contributed by atoms with E-state index in [1.165, 1.54) is 0 Å². The number of nitrogens with zero attached hydrogens (tertiary/aromatic N) is 3. The summed E-state index contributed by atoms with van der Waals surface area (Å²) in [6.45, 7) is 2.16. The van der Waals surface area contributed by atoms with Gasteiger partial charge < -0.3 is 15.5 Å². The van der Waals surface area contributed by atoms with Crippen LogP contribution in [0, 0.1) is 6.92 Å². The number of hydrogen-bond donors (Lipinski definition) is 2. The maximum Gasteiger partial charge on any atom is 0.291 e. The Labute approximate surface area is 120 Å². The fourth-order valence-corrected chi connectivity index (χ4v) is 2.18. The highest BCUT2D eigenvalue weighted by molar-refractivity contribution is 6.03. The summed E-state index contributed by atoms with van der Waals surface area (Å²) in [5.74, 6) is 0.452. The van der Waals surface area contributed by atoms with Crippen molar-refractivity contribution in [2.45, 2.75) is 13.5 Å². The summed E-state index contributed by atoms with van der Waals surface area (Å²) < 4.78 is 7.01. The maximum absolute atomic E-state index is 12.1. The van der Waals surface area contributed by atoms with Crippen LogP contribution in [-0.2, 0) is 13.6 Å². The van der Waals surface area contributed by atoms with Gasteiger partial charge in [-0.3, -0.25) is 9.48 Å². The first-order valence-corrected chi connectivity index (χ1v) is 6.48. The van der Waals surface area contributed by atoms with Gasteiger partial charge >= 0.3 is 0 Å². The number of fused-ring (bicyclic) bond motifs is 1. The Kier molecular flexibility index (Phi) is 3.19. The van der Waals surface area contributed by atoms with Crippen molar-refractivity contribution < 1.29 is 9.21 Å². The van der Waals surface area contributed by atoms with Crippen LogP contribution in [0.25, 0.3) is 11.0 Å². The Morgan fingerprint density at radius 1 is 1.48 bits per heavy atom. The number of nitrogens with one attached hydrogen (secondary N) is 1. The smallest absolute Gasteiger partial charge is 0.291 e. The van der Waals surface area contributed by atoms with E-state index in [9.17, 15) is 4.79 Å². The van der Waals surface area contributed by atoms with Crippen molar-refractivity contribution in [3.05, 3.63) is 41.6 Å². The fourth-order valence-electron chi connectivity index (χ4n) is 2.18. The van der Waals surface area contributed by atoms with Gasteiger partial charge in [-0.05, 0) is 25.1 Å². The summed E-state index contributed by atoms with van der Waals surface area (Å²) in [7, 11) is 1.83. The molecule has 7 heteroatoms. The molecule has 3 aromatic rings. The topological polar surface area (TPSA) is 99.0 Å². The number of carbonyl (C=O) groups excluding carboxylic acids is 1. The minimum atomic E-state index is -0.336. The molecule has 0 radical (unpaired) electrons. The minimum Gasteiger partial charge on any atom is -0.455 e. The summed E-state index contributed by atoms with van der Waals surface area (Å²) in [4.78, 5) is 16.4. The second-order valence-corrected chi connectivity index (χ2v) is 4.73. The monoisotopic (exact) mass is 285 g/mol. The normalized spacial score (nSPS) is 11.0. The first-order valence-electron chi connectivity index (χ1n) is 6.48. The molecule has 21 heavy (non-hydrogen) atoms. The van der Waals surface area contributed by atoms with Gasteiger partial charge in [-0.15, -0.1) is 0 Å². The van der Waals surface area contributed by atoms with Gasteiger partial charge in [-0.25, -0.2) is 4.98 Å². The second-order valence-electron chi connectivity index (χ2n) is 4.73. The van der Waals surface area contributed by atoms with Crippen molar-refractivity contribution >= 4 is 22.6 Å². The molecule has 0 aliphatic rings. The molecule has 108 valence electrons. The molecular weight excluding hydrogens is 270 g/mol. The fraction of sp³-hybridized carbons (Fsp3) is 0.214. The average molecular weight is 285 g/mol. The molecule has 0 spiro atoms. The molecule has 0 aromatic carbocycles. The number of rotatable bonds is 3. The van der Waals surface area contributed by atoms with Crippen molar-refractivity contribution in [3.8, 4) is 0 Å². The van der Waals surface area contributed by atoms with Crippen LogP contribution in [-0.4, -0.2) is 20.7 Å². The number of amides is 1. The SMILES string of the molecule is Cc1nn(C)c2ncc(NC(=O)c3ccc(CN)o3)cc12. The number of anilines is 1. The molecule has 3 aromatic heterocycles. The summed E-state index contributed by atoms with van der Waals surface area (Å²) >= 11 is 0. The van der Waals surface area contributed by atoms with Crippen LogP contribution in [0.4, 0.5) is 5.69 Å². The zero-order valence-corrected chi connectivity index (χ0v) is 11.8. The van der Waals surface area contributed by atoms with E-state index in [1.807, 2.05) is 20.0 Å². The van der Waals surface area contributed by atoms with Gasteiger partial charge in [-0.2, -0.15) is 5.10 Å². The largest absolute Gasteiger partial charge is 0.455 e. The first kappa shape index (κ1) is 13.3. The van der Waals surface area contributed by atoms with E-state index in [1.54, 1.807) is 23.0 Å². The third-order valence-electron chi connectivity index (χ3n) is 3.21. The van der Waals surface area contributed by atoms with Crippen LogP contribution >= 0.6 is 0 Å². The minimum absolute atomic E-state index is 0.221. The number of aryl methyl sites for hydroxylation is 2. The summed E-state index contributed by atoms with van der Waals surface area (Å²) in [6, 6.07) is 5.12. The molecule has 0 saturated heterocycles. The first-order chi connectivity index (χ1) is 10.1. The second kappa shape index (κ2) is 5.02. The number of aromatic nitrogens is 3. The van der Waals surface area contributed by atoms with E-state index < -0.39 is 0 Å². The molecule has 0 unspecified atom stereocenters. The van der Waals surface area contributed by atoms with Gasteiger partial charge in [-0.1, -0.05) is 0 Å². The van der Waals surface area contributed by atoms with E-state index in [0.29, 0.717) is 11.4 Å². The molecular formula is C14H15N5O2. The molecule has 0 saturated carbocycles. The molecule has 3 heterocycles. The Hall–Kier alpha value is -2.67. The number of pyridine rings is 1. The lowest BCUT2D eigenvalue weighted by Crippen LogP contribution is -2.11. The van der Waals surface area contributed by atoms with Gasteiger partial charge in [0, 0.05) is 12.4 Å². The third-order valence-corrected chi connectivity index (χ3v) is 3.21. The van der Waals surface area contributed by atoms with Crippen molar-refractivity contribution in [2.24, 2.45) is 12.8 Å². The summed E-state index contributed by atoms with van der Waals surface area (Å²) in [5.41, 5.74) is 7.68. The molecule has 3 N–H and O–H groups in total. The molecule has 7 nitrogen and oxygen atoms in total. The van der Waals surface area contributed by atoms with Gasteiger partial charge in [0.05, 0.1) is 24.1 Å². The van der Waals surface area contributed by atoms with E-state index in [4.69, 9.17) is 10.2 Å². The Morgan fingerprint density at radius 3 is 3.00 bits per heavy atom. The number of nitrogens with two attached hydrogens (primary N) is 1. The molecule has 3 rings (SSSR count). The highest BCUT2D eigenvalue weighted by Gasteiger charge is 2.13. The lowest BCUT2D eigenvalue weighted by atomic mass is 10.2.